The summed E-state index contributed by atoms with van der Waals surface area (Å²) in [6, 6.07) is 8.32. The second kappa shape index (κ2) is 10.3. The highest BCUT2D eigenvalue weighted by Crippen LogP contribution is 2.15. The Hall–Kier alpha value is -1.88. The number of aliphatic imine (C=N–C) groups is 1. The van der Waals surface area contributed by atoms with Crippen molar-refractivity contribution in [2.24, 2.45) is 10.9 Å². The third-order valence-electron chi connectivity index (χ3n) is 5.19. The summed E-state index contributed by atoms with van der Waals surface area (Å²) >= 11 is 0. The van der Waals surface area contributed by atoms with E-state index in [-0.39, 0.29) is 11.9 Å². The minimum absolute atomic E-state index is 0.104. The Balaban J connectivity index is 1.86. The number of amides is 1. The van der Waals surface area contributed by atoms with E-state index in [1.807, 2.05) is 31.1 Å². The van der Waals surface area contributed by atoms with E-state index in [0.717, 1.165) is 56.7 Å². The van der Waals surface area contributed by atoms with Crippen LogP contribution in [0.4, 0.5) is 0 Å². The molecule has 5 heteroatoms. The van der Waals surface area contributed by atoms with Crippen molar-refractivity contribution in [1.29, 1.82) is 0 Å². The molecule has 0 aromatic heterocycles. The van der Waals surface area contributed by atoms with Gasteiger partial charge in [-0.25, -0.2) is 0 Å². The first-order valence-electron chi connectivity index (χ1n) is 9.81. The number of rotatable bonds is 10. The van der Waals surface area contributed by atoms with E-state index in [9.17, 15) is 4.79 Å². The second-order valence-corrected chi connectivity index (χ2v) is 7.36. The van der Waals surface area contributed by atoms with Crippen molar-refractivity contribution in [1.82, 2.24) is 15.5 Å². The lowest BCUT2D eigenvalue weighted by atomic mass is 9.98. The van der Waals surface area contributed by atoms with Crippen LogP contribution in [0.15, 0.2) is 29.3 Å². The average molecular weight is 359 g/mol. The van der Waals surface area contributed by atoms with Gasteiger partial charge in [0.2, 0.25) is 0 Å². The minimum Gasteiger partial charge on any atom is -0.372 e. The van der Waals surface area contributed by atoms with Gasteiger partial charge in [0.05, 0.1) is 12.4 Å². The molecule has 0 bridgehead atoms. The molecule has 2 rings (SSSR count). The normalized spacial score (nSPS) is 15.9. The lowest BCUT2D eigenvalue weighted by Gasteiger charge is -2.25. The van der Waals surface area contributed by atoms with Crippen molar-refractivity contribution >= 4 is 11.7 Å². The third kappa shape index (κ3) is 5.84. The monoisotopic (exact) mass is 358 g/mol. The summed E-state index contributed by atoms with van der Waals surface area (Å²) < 4.78 is 0. The molecule has 2 N–H and O–H groups in total. The summed E-state index contributed by atoms with van der Waals surface area (Å²) in [6.07, 6.45) is 4.26. The Morgan fingerprint density at radius 1 is 1.27 bits per heavy atom. The van der Waals surface area contributed by atoms with Crippen LogP contribution in [0.5, 0.6) is 0 Å². The number of benzene rings is 1. The van der Waals surface area contributed by atoms with E-state index in [0.29, 0.717) is 5.92 Å². The molecule has 1 aliphatic rings. The van der Waals surface area contributed by atoms with Crippen LogP contribution in [-0.4, -0.2) is 56.4 Å². The highest BCUT2D eigenvalue weighted by Gasteiger charge is 2.18. The smallest absolute Gasteiger partial charge is 0.253 e. The van der Waals surface area contributed by atoms with Gasteiger partial charge in [0.1, 0.15) is 0 Å². The van der Waals surface area contributed by atoms with E-state index < -0.39 is 0 Å². The predicted octanol–water partition coefficient (Wildman–Crippen LogP) is 2.72. The van der Waals surface area contributed by atoms with E-state index in [1.54, 1.807) is 0 Å². The molecule has 0 saturated heterocycles. The van der Waals surface area contributed by atoms with Crippen molar-refractivity contribution in [3.05, 3.63) is 35.4 Å². The average Bonchev–Trinajstić information content (AvgIpc) is 3.19. The first-order valence-corrected chi connectivity index (χ1v) is 9.81. The minimum atomic E-state index is 0.104. The molecule has 0 fully saturated rings. The number of carbonyl (C=O) groups is 1. The maximum Gasteiger partial charge on any atom is 0.253 e. The van der Waals surface area contributed by atoms with Gasteiger partial charge in [-0.3, -0.25) is 9.79 Å². The molecule has 1 amide bonds. The van der Waals surface area contributed by atoms with Gasteiger partial charge in [-0.1, -0.05) is 25.5 Å². The standard InChI is InChI=1S/C21H34N4O/c1-16(20-23-13-14-24-20)15-18-8-10-19(11-9-18)21(26)25(4)17(2)7-5-6-12-22-3/h8-11,16-17,22H,5-7,12-15H2,1-4H3,(H,23,24). The number of nitrogens with one attached hydrogen (secondary N) is 2. The van der Waals surface area contributed by atoms with Crippen LogP contribution in [0.25, 0.3) is 0 Å². The van der Waals surface area contributed by atoms with Gasteiger partial charge >= 0.3 is 0 Å². The molecule has 2 atom stereocenters. The molecule has 26 heavy (non-hydrogen) atoms. The van der Waals surface area contributed by atoms with Crippen LogP contribution in [-0.2, 0) is 6.42 Å². The second-order valence-electron chi connectivity index (χ2n) is 7.36. The fraction of sp³-hybridized carbons (Fsp3) is 0.619. The number of nitrogens with zero attached hydrogens (tertiary/aromatic N) is 2. The van der Waals surface area contributed by atoms with Crippen LogP contribution >= 0.6 is 0 Å². The van der Waals surface area contributed by atoms with Crippen molar-refractivity contribution in [3.63, 3.8) is 0 Å². The highest BCUT2D eigenvalue weighted by molar-refractivity contribution is 5.94. The fourth-order valence-electron chi connectivity index (χ4n) is 3.32. The zero-order valence-corrected chi connectivity index (χ0v) is 16.7. The Morgan fingerprint density at radius 2 is 2.00 bits per heavy atom. The van der Waals surface area contributed by atoms with Gasteiger partial charge in [0.25, 0.3) is 5.91 Å². The third-order valence-corrected chi connectivity index (χ3v) is 5.19. The van der Waals surface area contributed by atoms with Crippen LogP contribution in [0.2, 0.25) is 0 Å². The Labute approximate surface area is 158 Å². The summed E-state index contributed by atoms with van der Waals surface area (Å²) in [6.45, 7) is 7.19. The van der Waals surface area contributed by atoms with Crippen molar-refractivity contribution < 1.29 is 4.79 Å². The van der Waals surface area contributed by atoms with Gasteiger partial charge in [-0.15, -0.1) is 0 Å². The molecular weight excluding hydrogens is 324 g/mol. The lowest BCUT2D eigenvalue weighted by molar-refractivity contribution is 0.0735. The van der Waals surface area contributed by atoms with Crippen LogP contribution in [0.3, 0.4) is 0 Å². The molecule has 1 aromatic rings. The summed E-state index contributed by atoms with van der Waals surface area (Å²) in [5.41, 5.74) is 2.01. The predicted molar refractivity (Wildman–Crippen MR) is 109 cm³/mol. The molecule has 5 nitrogen and oxygen atoms in total. The fourth-order valence-corrected chi connectivity index (χ4v) is 3.32. The van der Waals surface area contributed by atoms with Gasteiger partial charge in [-0.05, 0) is 57.5 Å². The lowest BCUT2D eigenvalue weighted by Crippen LogP contribution is -2.35. The molecule has 0 spiro atoms. The number of amidine groups is 1. The Kier molecular flexibility index (Phi) is 8.10. The number of carbonyl (C=O) groups excluding carboxylic acids is 1. The number of hydrogen-bond donors (Lipinski definition) is 2. The van der Waals surface area contributed by atoms with E-state index in [1.165, 1.54) is 5.56 Å². The molecule has 2 unspecified atom stereocenters. The van der Waals surface area contributed by atoms with Gasteiger partial charge in [-0.2, -0.15) is 0 Å². The maximum atomic E-state index is 12.7. The summed E-state index contributed by atoms with van der Waals surface area (Å²) in [4.78, 5) is 19.1. The van der Waals surface area contributed by atoms with Crippen molar-refractivity contribution in [3.8, 4) is 0 Å². The number of unbranched alkanes of at least 4 members (excludes halogenated alkanes) is 1. The summed E-state index contributed by atoms with van der Waals surface area (Å²) in [5.74, 6) is 1.60. The van der Waals surface area contributed by atoms with E-state index >= 15 is 0 Å². The molecule has 0 radical (unpaired) electrons. The van der Waals surface area contributed by atoms with E-state index in [4.69, 9.17) is 0 Å². The molecular formula is C21H34N4O. The summed E-state index contributed by atoms with van der Waals surface area (Å²) in [7, 11) is 3.88. The quantitative estimate of drug-likeness (QED) is 0.632. The Morgan fingerprint density at radius 3 is 2.62 bits per heavy atom. The first kappa shape index (κ1) is 20.4. The van der Waals surface area contributed by atoms with Crippen LogP contribution in [0.1, 0.15) is 49.0 Å². The zero-order chi connectivity index (χ0) is 18.9. The molecule has 1 aromatic carbocycles. The van der Waals surface area contributed by atoms with Crippen LogP contribution < -0.4 is 10.6 Å². The van der Waals surface area contributed by atoms with E-state index in [2.05, 4.69) is 41.6 Å². The maximum absolute atomic E-state index is 12.7. The van der Waals surface area contributed by atoms with Gasteiger partial charge in [0, 0.05) is 31.1 Å². The molecule has 1 heterocycles. The molecule has 144 valence electrons. The Bertz CT molecular complexity index is 597. The van der Waals surface area contributed by atoms with Gasteiger partial charge < -0.3 is 15.5 Å². The molecule has 0 aliphatic carbocycles. The SMILES string of the molecule is CNCCCCC(C)N(C)C(=O)c1ccc(CC(C)C2=NCCN2)cc1. The number of hydrogen-bond acceptors (Lipinski definition) is 4. The topological polar surface area (TPSA) is 56.7 Å². The first-order chi connectivity index (χ1) is 12.5. The zero-order valence-electron chi connectivity index (χ0n) is 16.7. The van der Waals surface area contributed by atoms with Gasteiger partial charge in [0.15, 0.2) is 0 Å². The largest absolute Gasteiger partial charge is 0.372 e. The summed E-state index contributed by atoms with van der Waals surface area (Å²) in [5, 5.41) is 6.51. The van der Waals surface area contributed by atoms with Crippen molar-refractivity contribution in [2.75, 3.05) is 33.7 Å². The highest BCUT2D eigenvalue weighted by atomic mass is 16.2. The molecule has 0 saturated carbocycles. The van der Waals surface area contributed by atoms with Crippen LogP contribution in [0, 0.1) is 5.92 Å². The molecule has 1 aliphatic heterocycles. The van der Waals surface area contributed by atoms with Crippen molar-refractivity contribution in [2.45, 2.75) is 45.6 Å².